The molecule has 0 saturated heterocycles. The smallest absolute Gasteiger partial charge is 0.360 e. The van der Waals surface area contributed by atoms with Crippen molar-refractivity contribution in [3.05, 3.63) is 54.2 Å². The van der Waals surface area contributed by atoms with E-state index in [1.165, 1.54) is 18.3 Å². The Morgan fingerprint density at radius 1 is 1.00 bits per heavy atom. The predicted octanol–water partition coefficient (Wildman–Crippen LogP) is 1.71. The summed E-state index contributed by atoms with van der Waals surface area (Å²) in [5.74, 6) is 0.298. The lowest BCUT2D eigenvalue weighted by molar-refractivity contribution is 0.305. The highest BCUT2D eigenvalue weighted by molar-refractivity contribution is 7.71. The molecule has 1 heterocycles. The number of anilines is 1. The monoisotopic (exact) mass is 374 g/mol. The minimum atomic E-state index is -5.07. The number of rotatable bonds is 7. The van der Waals surface area contributed by atoms with Crippen LogP contribution in [0, 0.1) is 0 Å². The molecule has 5 N–H and O–H groups in total. The van der Waals surface area contributed by atoms with Crippen molar-refractivity contribution >= 4 is 21.0 Å². The second-order valence-corrected chi connectivity index (χ2v) is 8.65. The number of nitrogens with one attached hydrogen (secondary N) is 1. The van der Waals surface area contributed by atoms with Gasteiger partial charge in [0.25, 0.3) is 0 Å². The van der Waals surface area contributed by atoms with Crippen molar-refractivity contribution in [1.82, 2.24) is 4.98 Å². The van der Waals surface area contributed by atoms with Gasteiger partial charge in [-0.3, -0.25) is 9.13 Å². The molecule has 130 valence electrons. The van der Waals surface area contributed by atoms with Gasteiger partial charge in [-0.1, -0.05) is 30.3 Å². The summed E-state index contributed by atoms with van der Waals surface area (Å²) in [6, 6.07) is 12.2. The van der Waals surface area contributed by atoms with Crippen LogP contribution >= 0.6 is 15.2 Å². The van der Waals surface area contributed by atoms with Gasteiger partial charge in [-0.25, -0.2) is 4.98 Å². The van der Waals surface area contributed by atoms with Crippen molar-refractivity contribution in [2.75, 3.05) is 5.32 Å². The van der Waals surface area contributed by atoms with Crippen molar-refractivity contribution in [2.45, 2.75) is 12.1 Å². The maximum absolute atomic E-state index is 11.2. The quantitative estimate of drug-likeness (QED) is 0.457. The number of nitrogens with zero attached hydrogens (tertiary/aromatic N) is 1. The fourth-order valence-corrected chi connectivity index (χ4v) is 3.96. The van der Waals surface area contributed by atoms with E-state index < -0.39 is 20.7 Å². The summed E-state index contributed by atoms with van der Waals surface area (Å²) >= 11 is 0. The highest BCUT2D eigenvalue weighted by atomic mass is 31.2. The van der Waals surface area contributed by atoms with Crippen LogP contribution in [-0.2, 0) is 15.7 Å². The van der Waals surface area contributed by atoms with Gasteiger partial charge in [-0.15, -0.1) is 0 Å². The van der Waals surface area contributed by atoms with E-state index in [4.69, 9.17) is 24.3 Å². The lowest BCUT2D eigenvalue weighted by atomic mass is 10.2. The lowest BCUT2D eigenvalue weighted by Gasteiger charge is -2.21. The molecule has 11 heteroatoms. The van der Waals surface area contributed by atoms with E-state index in [1.54, 1.807) is 0 Å². The zero-order valence-corrected chi connectivity index (χ0v) is 14.0. The minimum Gasteiger partial charge on any atom is -0.487 e. The van der Waals surface area contributed by atoms with Gasteiger partial charge >= 0.3 is 15.2 Å². The molecular weight excluding hydrogens is 358 g/mol. The molecular formula is C13H16N2O7P2. The van der Waals surface area contributed by atoms with Gasteiger partial charge in [-0.05, 0) is 17.7 Å². The molecule has 0 fully saturated rings. The van der Waals surface area contributed by atoms with Crippen LogP contribution in [0.3, 0.4) is 0 Å². The van der Waals surface area contributed by atoms with E-state index in [-0.39, 0.29) is 5.82 Å². The Balaban J connectivity index is 2.03. The number of ether oxygens (including phenoxy) is 1. The van der Waals surface area contributed by atoms with E-state index in [1.807, 2.05) is 30.3 Å². The second-order valence-electron chi connectivity index (χ2n) is 4.85. The highest BCUT2D eigenvalue weighted by Gasteiger charge is 2.43. The van der Waals surface area contributed by atoms with Gasteiger partial charge in [0.15, 0.2) is 0 Å². The number of hydrogen-bond donors (Lipinski definition) is 5. The first-order chi connectivity index (χ1) is 11.2. The van der Waals surface area contributed by atoms with E-state index >= 15 is 0 Å². The second kappa shape index (κ2) is 7.44. The maximum atomic E-state index is 11.2. The fourth-order valence-electron chi connectivity index (χ4n) is 1.79. The first kappa shape index (κ1) is 18.6. The van der Waals surface area contributed by atoms with E-state index in [2.05, 4.69) is 10.3 Å². The van der Waals surface area contributed by atoms with Gasteiger partial charge in [0.1, 0.15) is 18.2 Å². The van der Waals surface area contributed by atoms with Crippen LogP contribution in [0.2, 0.25) is 0 Å². The van der Waals surface area contributed by atoms with Gasteiger partial charge in [0, 0.05) is 0 Å². The average Bonchev–Trinajstić information content (AvgIpc) is 2.50. The van der Waals surface area contributed by atoms with Crippen LogP contribution < -0.4 is 10.1 Å². The molecule has 1 aromatic carbocycles. The molecule has 9 nitrogen and oxygen atoms in total. The Labute approximate surface area is 137 Å². The van der Waals surface area contributed by atoms with Crippen LogP contribution in [-0.4, -0.2) is 30.1 Å². The number of aromatic nitrogens is 1. The minimum absolute atomic E-state index is 0.0984. The third kappa shape index (κ3) is 5.42. The summed E-state index contributed by atoms with van der Waals surface area (Å²) in [6.07, 6.45) is 1.28. The molecule has 0 amide bonds. The third-order valence-corrected chi connectivity index (χ3v) is 6.24. The van der Waals surface area contributed by atoms with Crippen molar-refractivity contribution in [3.63, 3.8) is 0 Å². The lowest BCUT2D eigenvalue weighted by Crippen LogP contribution is -2.20. The Morgan fingerprint density at radius 2 is 1.62 bits per heavy atom. The molecule has 0 bridgehead atoms. The average molecular weight is 374 g/mol. The predicted molar refractivity (Wildman–Crippen MR) is 86.5 cm³/mol. The zero-order valence-electron chi connectivity index (χ0n) is 12.3. The Hall–Kier alpha value is -1.73. The SMILES string of the molecule is O=P(O)(O)C(Nc1ccc(OCc2ccccc2)cn1)P(=O)(O)O. The highest BCUT2D eigenvalue weighted by Crippen LogP contribution is 2.59. The Bertz CT molecular complexity index is 736. The largest absolute Gasteiger partial charge is 0.487 e. The van der Waals surface area contributed by atoms with Gasteiger partial charge in [-0.2, -0.15) is 0 Å². The van der Waals surface area contributed by atoms with Crippen LogP contribution in [0.4, 0.5) is 5.82 Å². The summed E-state index contributed by atoms with van der Waals surface area (Å²) < 4.78 is 27.9. The van der Waals surface area contributed by atoms with Crippen LogP contribution in [0.5, 0.6) is 5.75 Å². The van der Waals surface area contributed by atoms with E-state index in [0.29, 0.717) is 12.4 Å². The molecule has 1 aromatic heterocycles. The molecule has 0 unspecified atom stereocenters. The summed E-state index contributed by atoms with van der Waals surface area (Å²) in [5.41, 5.74) is -1.41. The summed E-state index contributed by atoms with van der Waals surface area (Å²) in [6.45, 7) is 0.308. The normalized spacial score (nSPS) is 12.2. The standard InChI is InChI=1S/C13H16N2O7P2/c16-23(17,18)13(24(19,20)21)15-12-7-6-11(8-14-12)22-9-10-4-2-1-3-5-10/h1-8,13H,9H2,(H,14,15)(H2,16,17,18)(H2,19,20,21). The first-order valence-electron chi connectivity index (χ1n) is 6.66. The molecule has 0 aliphatic rings. The summed E-state index contributed by atoms with van der Waals surface area (Å²) in [5, 5.41) is 2.07. The van der Waals surface area contributed by atoms with Crippen molar-refractivity contribution in [1.29, 1.82) is 0 Å². The number of benzene rings is 1. The maximum Gasteiger partial charge on any atom is 0.360 e. The van der Waals surface area contributed by atoms with Crippen LogP contribution in [0.1, 0.15) is 5.56 Å². The van der Waals surface area contributed by atoms with Crippen molar-refractivity contribution in [3.8, 4) is 5.75 Å². The van der Waals surface area contributed by atoms with E-state index in [0.717, 1.165) is 5.56 Å². The number of hydrogen-bond acceptors (Lipinski definition) is 5. The number of pyridine rings is 1. The molecule has 24 heavy (non-hydrogen) atoms. The topological polar surface area (TPSA) is 149 Å². The Morgan fingerprint density at radius 3 is 2.12 bits per heavy atom. The molecule has 0 aliphatic carbocycles. The molecule has 2 rings (SSSR count). The molecule has 0 radical (unpaired) electrons. The van der Waals surface area contributed by atoms with Crippen LogP contribution in [0.15, 0.2) is 48.7 Å². The first-order valence-corrected chi connectivity index (χ1v) is 10.0. The Kier molecular flexibility index (Phi) is 5.77. The van der Waals surface area contributed by atoms with Crippen molar-refractivity contribution < 1.29 is 33.4 Å². The van der Waals surface area contributed by atoms with Crippen molar-refractivity contribution in [2.24, 2.45) is 0 Å². The summed E-state index contributed by atoms with van der Waals surface area (Å²) in [7, 11) is -10.1. The summed E-state index contributed by atoms with van der Waals surface area (Å²) in [4.78, 5) is 40.0. The molecule has 2 aromatic rings. The fraction of sp³-hybridized carbons (Fsp3) is 0.154. The molecule has 0 aliphatic heterocycles. The van der Waals surface area contributed by atoms with Gasteiger partial charge < -0.3 is 29.6 Å². The molecule has 0 saturated carbocycles. The molecule has 0 atom stereocenters. The van der Waals surface area contributed by atoms with Crippen LogP contribution in [0.25, 0.3) is 0 Å². The van der Waals surface area contributed by atoms with E-state index in [9.17, 15) is 9.13 Å². The zero-order chi connectivity index (χ0) is 17.8. The molecule has 0 spiro atoms. The third-order valence-electron chi connectivity index (χ3n) is 2.90. The van der Waals surface area contributed by atoms with Gasteiger partial charge in [0.2, 0.25) is 5.52 Å². The van der Waals surface area contributed by atoms with Gasteiger partial charge in [0.05, 0.1) is 6.20 Å².